The second kappa shape index (κ2) is 7.10. The third kappa shape index (κ3) is 2.89. The number of nitrogens with zero attached hydrogens (tertiary/aromatic N) is 1. The summed E-state index contributed by atoms with van der Waals surface area (Å²) >= 11 is 6.39. The molecule has 3 heteroatoms. The average molecular weight is 374 g/mol. The molecule has 0 fully saturated rings. The van der Waals surface area contributed by atoms with E-state index < -0.39 is 0 Å². The molecular formula is C24H20ClNO. The minimum atomic E-state index is 0.460. The predicted molar refractivity (Wildman–Crippen MR) is 110 cm³/mol. The molecule has 0 saturated heterocycles. The molecule has 0 aromatic heterocycles. The van der Waals surface area contributed by atoms with Gasteiger partial charge in [-0.3, -0.25) is 0 Å². The van der Waals surface area contributed by atoms with E-state index in [1.54, 1.807) is 6.07 Å². The van der Waals surface area contributed by atoms with Gasteiger partial charge in [-0.15, -0.1) is 0 Å². The predicted octanol–water partition coefficient (Wildman–Crippen LogP) is 6.41. The van der Waals surface area contributed by atoms with Gasteiger partial charge < -0.3 is 4.74 Å². The van der Waals surface area contributed by atoms with Crippen LogP contribution in [-0.2, 0) is 12.8 Å². The quantitative estimate of drug-likeness (QED) is 0.414. The first kappa shape index (κ1) is 17.6. The van der Waals surface area contributed by atoms with Crippen LogP contribution in [0.15, 0.2) is 48.5 Å². The van der Waals surface area contributed by atoms with Crippen LogP contribution in [0, 0.1) is 11.3 Å². The molecule has 0 saturated carbocycles. The molecule has 0 spiro atoms. The van der Waals surface area contributed by atoms with Gasteiger partial charge in [0.25, 0.3) is 0 Å². The number of benzene rings is 3. The van der Waals surface area contributed by atoms with Gasteiger partial charge in [0.05, 0.1) is 17.2 Å². The summed E-state index contributed by atoms with van der Waals surface area (Å²) in [5, 5.41) is 10.3. The third-order valence-corrected chi connectivity index (χ3v) is 5.50. The van der Waals surface area contributed by atoms with Crippen molar-refractivity contribution < 1.29 is 4.74 Å². The number of aryl methyl sites for hydroxylation is 1. The first-order valence-corrected chi connectivity index (χ1v) is 9.65. The molecule has 0 atom stereocenters. The van der Waals surface area contributed by atoms with Gasteiger partial charge in [0.15, 0.2) is 0 Å². The second-order valence-corrected chi connectivity index (χ2v) is 7.10. The molecule has 0 N–H and O–H groups in total. The molecule has 27 heavy (non-hydrogen) atoms. The Balaban J connectivity index is 2.05. The summed E-state index contributed by atoms with van der Waals surface area (Å²) in [7, 11) is 0. The number of rotatable bonds is 4. The van der Waals surface area contributed by atoms with Crippen molar-refractivity contribution in [1.29, 1.82) is 5.26 Å². The Kier molecular flexibility index (Phi) is 4.64. The Morgan fingerprint density at radius 3 is 2.56 bits per heavy atom. The Morgan fingerprint density at radius 1 is 1.04 bits per heavy atom. The van der Waals surface area contributed by atoms with Crippen LogP contribution >= 0.6 is 11.6 Å². The molecule has 0 unspecified atom stereocenters. The van der Waals surface area contributed by atoms with E-state index in [0.29, 0.717) is 22.9 Å². The fourth-order valence-corrected chi connectivity index (χ4v) is 4.13. The van der Waals surface area contributed by atoms with Gasteiger partial charge in [0.1, 0.15) is 11.8 Å². The van der Waals surface area contributed by atoms with Crippen molar-refractivity contribution in [1.82, 2.24) is 0 Å². The van der Waals surface area contributed by atoms with E-state index in [1.165, 1.54) is 27.8 Å². The molecular weight excluding hydrogens is 354 g/mol. The molecule has 3 aromatic carbocycles. The smallest absolute Gasteiger partial charge is 0.128 e. The van der Waals surface area contributed by atoms with E-state index in [2.05, 4.69) is 49.4 Å². The number of fused-ring (bicyclic) bond motifs is 3. The highest BCUT2D eigenvalue weighted by Crippen LogP contribution is 2.46. The fraction of sp³-hybridized carbons (Fsp3) is 0.208. The van der Waals surface area contributed by atoms with E-state index >= 15 is 0 Å². The maximum atomic E-state index is 9.81. The number of hydrogen-bond acceptors (Lipinski definition) is 2. The Labute approximate surface area is 165 Å². The van der Waals surface area contributed by atoms with Crippen molar-refractivity contribution in [3.8, 4) is 34.1 Å². The maximum Gasteiger partial charge on any atom is 0.128 e. The average Bonchev–Trinajstić information content (AvgIpc) is 3.07. The van der Waals surface area contributed by atoms with Crippen LogP contribution < -0.4 is 4.74 Å². The van der Waals surface area contributed by atoms with Crippen LogP contribution in [0.25, 0.3) is 22.3 Å². The van der Waals surface area contributed by atoms with Crippen LogP contribution in [-0.4, -0.2) is 6.61 Å². The first-order valence-electron chi connectivity index (χ1n) is 9.27. The van der Waals surface area contributed by atoms with Gasteiger partial charge >= 0.3 is 0 Å². The summed E-state index contributed by atoms with van der Waals surface area (Å²) < 4.78 is 5.89. The highest BCUT2D eigenvalue weighted by Gasteiger charge is 2.26. The van der Waals surface area contributed by atoms with Crippen LogP contribution in [0.5, 0.6) is 5.75 Å². The van der Waals surface area contributed by atoms with Gasteiger partial charge in [0.2, 0.25) is 0 Å². The Hall–Kier alpha value is -2.76. The van der Waals surface area contributed by atoms with Crippen molar-refractivity contribution in [2.24, 2.45) is 0 Å². The van der Waals surface area contributed by atoms with Gasteiger partial charge in [-0.25, -0.2) is 0 Å². The summed E-state index contributed by atoms with van der Waals surface area (Å²) in [4.78, 5) is 0. The summed E-state index contributed by atoms with van der Waals surface area (Å²) in [6, 6.07) is 18.9. The highest BCUT2D eigenvalue weighted by atomic mass is 35.5. The zero-order valence-electron chi connectivity index (χ0n) is 15.5. The highest BCUT2D eigenvalue weighted by molar-refractivity contribution is 6.32. The number of hydrogen-bond donors (Lipinski definition) is 0. The number of halogens is 1. The molecule has 0 heterocycles. The first-order chi connectivity index (χ1) is 13.2. The maximum absolute atomic E-state index is 9.81. The van der Waals surface area contributed by atoms with Crippen LogP contribution in [0.4, 0.5) is 0 Å². The van der Waals surface area contributed by atoms with Crippen molar-refractivity contribution in [3.05, 3.63) is 75.8 Å². The summed E-state index contributed by atoms with van der Waals surface area (Å²) in [5.41, 5.74) is 8.69. The fourth-order valence-electron chi connectivity index (χ4n) is 3.93. The third-order valence-electron chi connectivity index (χ3n) is 5.19. The van der Waals surface area contributed by atoms with Crippen molar-refractivity contribution in [3.63, 3.8) is 0 Å². The number of nitriles is 1. The van der Waals surface area contributed by atoms with Gasteiger partial charge in [-0.2, -0.15) is 5.26 Å². The molecule has 1 aliphatic rings. The van der Waals surface area contributed by atoms with Gasteiger partial charge in [0, 0.05) is 5.56 Å². The molecule has 1 aliphatic carbocycles. The summed E-state index contributed by atoms with van der Waals surface area (Å²) in [6.45, 7) is 4.64. The normalized spacial score (nSPS) is 11.6. The van der Waals surface area contributed by atoms with Gasteiger partial charge in [-0.1, -0.05) is 54.9 Å². The van der Waals surface area contributed by atoms with Crippen molar-refractivity contribution >= 4 is 11.6 Å². The van der Waals surface area contributed by atoms with Crippen LogP contribution in [0.1, 0.15) is 36.1 Å². The molecule has 0 bridgehead atoms. The van der Waals surface area contributed by atoms with Gasteiger partial charge in [-0.05, 0) is 65.3 Å². The lowest BCUT2D eigenvalue weighted by Gasteiger charge is -2.17. The van der Waals surface area contributed by atoms with E-state index in [0.717, 1.165) is 24.0 Å². The molecule has 3 aromatic rings. The lowest BCUT2D eigenvalue weighted by atomic mass is 9.89. The number of ether oxygens (including phenoxy) is 1. The SMILES string of the molecule is CCOc1ccc(Cl)c(C#N)c1-c1cc(CC)cc2c1Cc1ccccc1-2. The zero-order chi connectivity index (χ0) is 19.0. The van der Waals surface area contributed by atoms with Crippen molar-refractivity contribution in [2.45, 2.75) is 26.7 Å². The minimum absolute atomic E-state index is 0.460. The molecule has 0 aliphatic heterocycles. The zero-order valence-corrected chi connectivity index (χ0v) is 16.2. The molecule has 134 valence electrons. The summed E-state index contributed by atoms with van der Waals surface area (Å²) in [5.74, 6) is 0.713. The minimum Gasteiger partial charge on any atom is -0.493 e. The monoisotopic (exact) mass is 373 g/mol. The van der Waals surface area contributed by atoms with E-state index in [1.807, 2.05) is 13.0 Å². The van der Waals surface area contributed by atoms with E-state index in [-0.39, 0.29) is 0 Å². The molecule has 0 radical (unpaired) electrons. The molecule has 4 rings (SSSR count). The molecule has 2 nitrogen and oxygen atoms in total. The van der Waals surface area contributed by atoms with Crippen molar-refractivity contribution in [2.75, 3.05) is 6.61 Å². The van der Waals surface area contributed by atoms with E-state index in [4.69, 9.17) is 16.3 Å². The largest absolute Gasteiger partial charge is 0.493 e. The standard InChI is InChI=1S/C24H20ClNO/c1-3-15-11-18-17-8-6-5-7-16(17)13-19(18)20(12-15)24-21(14-26)22(25)9-10-23(24)27-4-2/h5-12H,3-4,13H2,1-2H3. The summed E-state index contributed by atoms with van der Waals surface area (Å²) in [6.07, 6.45) is 1.78. The Bertz CT molecular complexity index is 1080. The van der Waals surface area contributed by atoms with E-state index in [9.17, 15) is 5.26 Å². The lowest BCUT2D eigenvalue weighted by Crippen LogP contribution is -2.00. The second-order valence-electron chi connectivity index (χ2n) is 6.70. The van der Waals surface area contributed by atoms with Crippen LogP contribution in [0.2, 0.25) is 5.02 Å². The lowest BCUT2D eigenvalue weighted by molar-refractivity contribution is 0.341. The van der Waals surface area contributed by atoms with Crippen LogP contribution in [0.3, 0.4) is 0 Å². The topological polar surface area (TPSA) is 33.0 Å². The molecule has 0 amide bonds. The Morgan fingerprint density at radius 2 is 1.81 bits per heavy atom.